The number of benzene rings is 3. The molecule has 1 unspecified atom stereocenters. The normalized spacial score (nSPS) is 12.0. The first-order valence-electron chi connectivity index (χ1n) is 13.9. The van der Waals surface area contributed by atoms with Gasteiger partial charge in [0, 0.05) is 13.1 Å². The summed E-state index contributed by atoms with van der Waals surface area (Å²) in [7, 11) is -4.09. The van der Waals surface area contributed by atoms with Crippen molar-refractivity contribution in [3.05, 3.63) is 95.1 Å². The average Bonchev–Trinajstić information content (AvgIpc) is 2.94. The van der Waals surface area contributed by atoms with Crippen LogP contribution in [0.15, 0.2) is 77.7 Å². The molecule has 7 nitrogen and oxygen atoms in total. The summed E-state index contributed by atoms with van der Waals surface area (Å²) in [6.45, 7) is 9.91. The van der Waals surface area contributed by atoms with E-state index in [1.807, 2.05) is 65.0 Å². The fourth-order valence-corrected chi connectivity index (χ4v) is 6.16. The predicted molar refractivity (Wildman–Crippen MR) is 161 cm³/mol. The van der Waals surface area contributed by atoms with Crippen LogP contribution in [0.4, 0.5) is 5.69 Å². The molecule has 0 saturated carbocycles. The zero-order chi connectivity index (χ0) is 29.3. The molecule has 0 aliphatic heterocycles. The van der Waals surface area contributed by atoms with Gasteiger partial charge in [-0.15, -0.1) is 0 Å². The smallest absolute Gasteiger partial charge is 0.264 e. The van der Waals surface area contributed by atoms with Gasteiger partial charge >= 0.3 is 0 Å². The van der Waals surface area contributed by atoms with E-state index in [1.54, 1.807) is 30.3 Å². The average molecular weight is 564 g/mol. The number of carbonyl (C=O) groups is 2. The molecule has 40 heavy (non-hydrogen) atoms. The van der Waals surface area contributed by atoms with E-state index in [0.29, 0.717) is 18.7 Å². The highest BCUT2D eigenvalue weighted by Gasteiger charge is 2.34. The van der Waals surface area contributed by atoms with E-state index in [9.17, 15) is 18.0 Å². The van der Waals surface area contributed by atoms with Gasteiger partial charge in [-0.05, 0) is 68.5 Å². The molecule has 0 spiro atoms. The lowest BCUT2D eigenvalue weighted by atomic mass is 10.1. The number of carbonyl (C=O) groups excluding carboxylic acids is 2. The molecule has 8 heteroatoms. The van der Waals surface area contributed by atoms with Crippen molar-refractivity contribution in [2.75, 3.05) is 17.4 Å². The number of rotatable bonds is 13. The Morgan fingerprint density at radius 1 is 0.900 bits per heavy atom. The molecular formula is C32H41N3O4S. The Labute approximate surface area is 239 Å². The first-order chi connectivity index (χ1) is 19.1. The summed E-state index contributed by atoms with van der Waals surface area (Å²) in [5.41, 5.74) is 4.03. The molecule has 0 aromatic heterocycles. The third-order valence-electron chi connectivity index (χ3n) is 7.11. The molecule has 0 saturated heterocycles. The van der Waals surface area contributed by atoms with Gasteiger partial charge in [0.15, 0.2) is 0 Å². The van der Waals surface area contributed by atoms with Crippen LogP contribution < -0.4 is 9.62 Å². The molecular weight excluding hydrogens is 522 g/mol. The van der Waals surface area contributed by atoms with Crippen molar-refractivity contribution >= 4 is 27.5 Å². The van der Waals surface area contributed by atoms with Crippen molar-refractivity contribution < 1.29 is 18.0 Å². The van der Waals surface area contributed by atoms with E-state index in [2.05, 4.69) is 5.32 Å². The first kappa shape index (κ1) is 30.9. The Morgan fingerprint density at radius 3 is 2.25 bits per heavy atom. The van der Waals surface area contributed by atoms with Crippen LogP contribution in [0.1, 0.15) is 55.4 Å². The fourth-order valence-electron chi connectivity index (χ4n) is 4.67. The Balaban J connectivity index is 2.07. The Kier molecular flexibility index (Phi) is 10.9. The lowest BCUT2D eigenvalue weighted by molar-refractivity contribution is -0.140. The van der Waals surface area contributed by atoms with Gasteiger partial charge in [-0.2, -0.15) is 0 Å². The van der Waals surface area contributed by atoms with Crippen molar-refractivity contribution in [3.63, 3.8) is 0 Å². The number of hydrogen-bond acceptors (Lipinski definition) is 4. The number of hydrogen-bond donors (Lipinski definition) is 1. The SMILES string of the molecule is CCCCNC(=O)C(CC)N(Cc1cccc(C)c1)C(=O)CN(c1cccc(C)c1C)S(=O)(=O)c1ccccc1. The minimum atomic E-state index is -4.09. The highest BCUT2D eigenvalue weighted by molar-refractivity contribution is 7.92. The molecule has 1 atom stereocenters. The molecule has 3 rings (SSSR count). The highest BCUT2D eigenvalue weighted by Crippen LogP contribution is 2.29. The van der Waals surface area contributed by atoms with E-state index in [4.69, 9.17) is 0 Å². The molecule has 2 amide bonds. The molecule has 0 fully saturated rings. The molecule has 214 valence electrons. The molecule has 0 aliphatic carbocycles. The largest absolute Gasteiger partial charge is 0.354 e. The molecule has 3 aromatic rings. The van der Waals surface area contributed by atoms with E-state index >= 15 is 0 Å². The van der Waals surface area contributed by atoms with Gasteiger partial charge in [-0.3, -0.25) is 13.9 Å². The van der Waals surface area contributed by atoms with Gasteiger partial charge < -0.3 is 10.2 Å². The zero-order valence-electron chi connectivity index (χ0n) is 24.2. The summed E-state index contributed by atoms with van der Waals surface area (Å²) in [5, 5.41) is 2.96. The number of amides is 2. The van der Waals surface area contributed by atoms with Gasteiger partial charge in [-0.25, -0.2) is 8.42 Å². The number of sulfonamides is 1. The van der Waals surface area contributed by atoms with E-state index < -0.39 is 28.5 Å². The summed E-state index contributed by atoms with van der Waals surface area (Å²) < 4.78 is 29.1. The number of aryl methyl sites for hydroxylation is 2. The lowest BCUT2D eigenvalue weighted by Crippen LogP contribution is -2.52. The van der Waals surface area contributed by atoms with Crippen molar-refractivity contribution in [2.24, 2.45) is 0 Å². The lowest BCUT2D eigenvalue weighted by Gasteiger charge is -2.33. The molecule has 0 radical (unpaired) electrons. The molecule has 0 heterocycles. The third-order valence-corrected chi connectivity index (χ3v) is 8.88. The van der Waals surface area contributed by atoms with Crippen molar-refractivity contribution in [2.45, 2.75) is 71.4 Å². The third kappa shape index (κ3) is 7.50. The number of anilines is 1. The minimum absolute atomic E-state index is 0.0956. The summed E-state index contributed by atoms with van der Waals surface area (Å²) in [6, 6.07) is 20.6. The second-order valence-electron chi connectivity index (χ2n) is 10.1. The van der Waals surface area contributed by atoms with Crippen LogP contribution in [0, 0.1) is 20.8 Å². The van der Waals surface area contributed by atoms with Crippen LogP contribution in [0.5, 0.6) is 0 Å². The highest BCUT2D eigenvalue weighted by atomic mass is 32.2. The van der Waals surface area contributed by atoms with Crippen LogP contribution in [-0.4, -0.2) is 44.3 Å². The Hall–Kier alpha value is -3.65. The molecule has 0 bridgehead atoms. The first-order valence-corrected chi connectivity index (χ1v) is 15.3. The summed E-state index contributed by atoms with van der Waals surface area (Å²) >= 11 is 0. The number of nitrogens with one attached hydrogen (secondary N) is 1. The molecule has 0 aliphatic rings. The maximum atomic E-state index is 14.2. The van der Waals surface area contributed by atoms with Gasteiger partial charge in [0.1, 0.15) is 12.6 Å². The number of nitrogens with zero attached hydrogens (tertiary/aromatic N) is 2. The molecule has 1 N–H and O–H groups in total. The monoisotopic (exact) mass is 563 g/mol. The maximum Gasteiger partial charge on any atom is 0.264 e. The van der Waals surface area contributed by atoms with Gasteiger partial charge in [0.05, 0.1) is 10.6 Å². The van der Waals surface area contributed by atoms with Crippen LogP contribution >= 0.6 is 0 Å². The van der Waals surface area contributed by atoms with E-state index in [1.165, 1.54) is 21.3 Å². The van der Waals surface area contributed by atoms with Crippen molar-refractivity contribution in [1.29, 1.82) is 0 Å². The van der Waals surface area contributed by atoms with Gasteiger partial charge in [0.25, 0.3) is 10.0 Å². The van der Waals surface area contributed by atoms with E-state index in [0.717, 1.165) is 35.1 Å². The number of unbranched alkanes of at least 4 members (excludes halogenated alkanes) is 1. The zero-order valence-corrected chi connectivity index (χ0v) is 25.0. The topological polar surface area (TPSA) is 86.8 Å². The van der Waals surface area contributed by atoms with E-state index in [-0.39, 0.29) is 17.3 Å². The minimum Gasteiger partial charge on any atom is -0.354 e. The summed E-state index contributed by atoms with van der Waals surface area (Å²) in [5.74, 6) is -0.680. The van der Waals surface area contributed by atoms with Crippen molar-refractivity contribution in [1.82, 2.24) is 10.2 Å². The maximum absolute atomic E-state index is 14.2. The van der Waals surface area contributed by atoms with Gasteiger partial charge in [-0.1, -0.05) is 80.4 Å². The van der Waals surface area contributed by atoms with Crippen LogP contribution in [0.3, 0.4) is 0 Å². The Bertz CT molecular complexity index is 1410. The molecule has 3 aromatic carbocycles. The Morgan fingerprint density at radius 2 is 1.60 bits per heavy atom. The van der Waals surface area contributed by atoms with Crippen molar-refractivity contribution in [3.8, 4) is 0 Å². The second kappa shape index (κ2) is 14.1. The second-order valence-corrected chi connectivity index (χ2v) is 12.0. The van der Waals surface area contributed by atoms with Crippen LogP contribution in [-0.2, 0) is 26.2 Å². The van der Waals surface area contributed by atoms with Crippen LogP contribution in [0.2, 0.25) is 0 Å². The predicted octanol–water partition coefficient (Wildman–Crippen LogP) is 5.53. The van der Waals surface area contributed by atoms with Gasteiger partial charge in [0.2, 0.25) is 11.8 Å². The fraction of sp³-hybridized carbons (Fsp3) is 0.375. The van der Waals surface area contributed by atoms with Crippen LogP contribution in [0.25, 0.3) is 0 Å². The summed E-state index contributed by atoms with van der Waals surface area (Å²) in [4.78, 5) is 29.1. The quantitative estimate of drug-likeness (QED) is 0.277. The standard InChI is InChI=1S/C32H41N3O4S/c1-6-8-20-33-32(37)29(7-2)34(22-27-16-12-14-24(3)21-27)31(36)23-35(30-19-13-15-25(4)26(30)5)40(38,39)28-17-10-9-11-18-28/h9-19,21,29H,6-8,20,22-23H2,1-5H3,(H,33,37). The summed E-state index contributed by atoms with van der Waals surface area (Å²) in [6.07, 6.45) is 2.17.